The fourth-order valence-corrected chi connectivity index (χ4v) is 5.01. The van der Waals surface area contributed by atoms with Gasteiger partial charge in [0.2, 0.25) is 0 Å². The van der Waals surface area contributed by atoms with E-state index in [-0.39, 0.29) is 16.2 Å². The van der Waals surface area contributed by atoms with Crippen LogP contribution in [-0.4, -0.2) is 27.2 Å². The lowest BCUT2D eigenvalue weighted by Gasteiger charge is -2.33. The van der Waals surface area contributed by atoms with Gasteiger partial charge < -0.3 is 4.74 Å². The second-order valence-corrected chi connectivity index (χ2v) is 7.74. The monoisotopic (exact) mass is 348 g/mol. The largest absolute Gasteiger partial charge is 0.461 e. The lowest BCUT2D eigenvalue weighted by atomic mass is 9.93. The van der Waals surface area contributed by atoms with E-state index in [1.807, 2.05) is 6.08 Å². The number of rotatable bonds is 4. The number of alkyl halides is 4. The molecule has 126 valence electrons. The maximum Gasteiger partial charge on any atom is 0.461 e. The first-order valence-corrected chi connectivity index (χ1v) is 8.70. The van der Waals surface area contributed by atoms with Crippen LogP contribution in [0.3, 0.4) is 0 Å². The zero-order chi connectivity index (χ0) is 16.6. The van der Waals surface area contributed by atoms with Gasteiger partial charge in [0, 0.05) is 16.0 Å². The summed E-state index contributed by atoms with van der Waals surface area (Å²) in [6.45, 7) is 0. The molecule has 0 radical (unpaired) electrons. The minimum Gasteiger partial charge on any atom is -0.428 e. The number of fused-ring (bicyclic) bond motifs is 2. The van der Waals surface area contributed by atoms with Crippen molar-refractivity contribution in [3.8, 4) is 5.75 Å². The van der Waals surface area contributed by atoms with Crippen molar-refractivity contribution in [1.29, 1.82) is 0 Å². The smallest absolute Gasteiger partial charge is 0.428 e. The summed E-state index contributed by atoms with van der Waals surface area (Å²) in [7, 11) is -0.885. The average molecular weight is 348 g/mol. The van der Waals surface area contributed by atoms with Crippen LogP contribution in [0.5, 0.6) is 5.75 Å². The van der Waals surface area contributed by atoms with Crippen molar-refractivity contribution in [2.24, 2.45) is 0 Å². The third-order valence-corrected chi connectivity index (χ3v) is 6.22. The fourth-order valence-electron chi connectivity index (χ4n) is 3.07. The minimum absolute atomic E-state index is 0.00965. The van der Waals surface area contributed by atoms with Gasteiger partial charge in [-0.15, -0.1) is 0 Å². The van der Waals surface area contributed by atoms with Gasteiger partial charge in [0.15, 0.2) is 0 Å². The molecule has 2 aliphatic rings. The Morgan fingerprint density at radius 1 is 1.26 bits per heavy atom. The van der Waals surface area contributed by atoms with Crippen LogP contribution in [0.25, 0.3) is 5.57 Å². The zero-order valence-electron chi connectivity index (χ0n) is 12.2. The lowest BCUT2D eigenvalue weighted by molar-refractivity contribution is -0.253. The van der Waals surface area contributed by atoms with Crippen LogP contribution in [0, 0.1) is 0 Å². The van der Waals surface area contributed by atoms with E-state index in [1.54, 1.807) is 6.07 Å². The summed E-state index contributed by atoms with van der Waals surface area (Å²) in [5, 5.41) is 0.0745. The molecule has 2 aliphatic heterocycles. The van der Waals surface area contributed by atoms with E-state index in [2.05, 4.69) is 4.74 Å². The van der Waals surface area contributed by atoms with Gasteiger partial charge in [0.05, 0.1) is 5.25 Å². The molecule has 3 atom stereocenters. The summed E-state index contributed by atoms with van der Waals surface area (Å²) in [6.07, 6.45) is -3.09. The summed E-state index contributed by atoms with van der Waals surface area (Å²) < 4.78 is 66.8. The van der Waals surface area contributed by atoms with Crippen molar-refractivity contribution in [3.05, 3.63) is 35.9 Å². The molecule has 0 aromatic heterocycles. The Morgan fingerprint density at radius 3 is 2.74 bits per heavy atom. The normalized spacial score (nSPS) is 27.7. The maximum atomic E-state index is 13.0. The van der Waals surface area contributed by atoms with Gasteiger partial charge in [-0.2, -0.15) is 17.6 Å². The highest BCUT2D eigenvalue weighted by atomic mass is 32.2. The van der Waals surface area contributed by atoms with E-state index in [9.17, 15) is 21.8 Å². The number of hydrogen-bond acceptors (Lipinski definition) is 2. The Balaban J connectivity index is 1.84. The number of hydrogen-bond donors (Lipinski definition) is 0. The van der Waals surface area contributed by atoms with Gasteiger partial charge >= 0.3 is 12.5 Å². The molecule has 7 heteroatoms. The van der Waals surface area contributed by atoms with Crippen molar-refractivity contribution in [2.45, 2.75) is 48.7 Å². The van der Waals surface area contributed by atoms with Gasteiger partial charge in [-0.3, -0.25) is 4.21 Å². The van der Waals surface area contributed by atoms with Crippen LogP contribution in [0.2, 0.25) is 0 Å². The molecule has 0 aliphatic carbocycles. The molecule has 1 aromatic carbocycles. The van der Waals surface area contributed by atoms with Crippen molar-refractivity contribution < 1.29 is 26.5 Å². The molecular formula is C16H16F4O2S. The molecule has 1 aromatic rings. The maximum absolute atomic E-state index is 13.0. The second kappa shape index (κ2) is 6.26. The molecule has 2 nitrogen and oxygen atoms in total. The van der Waals surface area contributed by atoms with Crippen LogP contribution < -0.4 is 4.74 Å². The summed E-state index contributed by atoms with van der Waals surface area (Å²) in [6, 6.07) is 5.78. The SMILES string of the molecule is O=S1C2C=C(c3cccc(OC(F)(F)C(F)F)c3)CC1CCC2. The van der Waals surface area contributed by atoms with E-state index >= 15 is 0 Å². The van der Waals surface area contributed by atoms with Gasteiger partial charge in [-0.05, 0) is 42.5 Å². The molecule has 1 fully saturated rings. The second-order valence-electron chi connectivity index (χ2n) is 5.81. The van der Waals surface area contributed by atoms with Crippen LogP contribution in [0.4, 0.5) is 17.6 Å². The number of benzene rings is 1. The highest BCUT2D eigenvalue weighted by Gasteiger charge is 2.44. The van der Waals surface area contributed by atoms with Crippen LogP contribution in [0.15, 0.2) is 30.3 Å². The van der Waals surface area contributed by atoms with Gasteiger partial charge in [0.1, 0.15) is 5.75 Å². The quantitative estimate of drug-likeness (QED) is 0.755. The highest BCUT2D eigenvalue weighted by Crippen LogP contribution is 2.38. The lowest BCUT2D eigenvalue weighted by Crippen LogP contribution is -2.34. The molecule has 0 amide bonds. The van der Waals surface area contributed by atoms with E-state index in [0.29, 0.717) is 12.0 Å². The standard InChI is InChI=1S/C16H16F4O2S/c17-15(18)16(19,20)22-12-4-1-3-10(7-12)11-8-13-5-2-6-14(9-11)23(13)21/h1,3-4,7-8,13-15H,2,5-6,9H2. The van der Waals surface area contributed by atoms with Crippen molar-refractivity contribution >= 4 is 16.4 Å². The van der Waals surface area contributed by atoms with E-state index < -0.39 is 23.3 Å². The topological polar surface area (TPSA) is 26.3 Å². The summed E-state index contributed by atoms with van der Waals surface area (Å²) in [5.74, 6) is -0.300. The first kappa shape index (κ1) is 16.5. The Bertz CT molecular complexity index is 645. The highest BCUT2D eigenvalue weighted by molar-refractivity contribution is 7.86. The fraction of sp³-hybridized carbons (Fsp3) is 0.500. The van der Waals surface area contributed by atoms with Gasteiger partial charge in [-0.1, -0.05) is 24.6 Å². The Hall–Kier alpha value is -1.37. The Morgan fingerprint density at radius 2 is 2.04 bits per heavy atom. The predicted molar refractivity (Wildman–Crippen MR) is 80.2 cm³/mol. The molecule has 0 saturated carbocycles. The first-order valence-electron chi connectivity index (χ1n) is 7.42. The number of ether oxygens (including phenoxy) is 1. The van der Waals surface area contributed by atoms with E-state index in [0.717, 1.165) is 24.8 Å². The summed E-state index contributed by atoms with van der Waals surface area (Å²) in [4.78, 5) is 0. The molecule has 3 rings (SSSR count). The minimum atomic E-state index is -4.52. The number of allylic oxidation sites excluding steroid dienone is 1. The van der Waals surface area contributed by atoms with E-state index in [4.69, 9.17) is 0 Å². The molecule has 2 heterocycles. The summed E-state index contributed by atoms with van der Waals surface area (Å²) in [5.41, 5.74) is 1.58. The molecule has 0 spiro atoms. The van der Waals surface area contributed by atoms with Crippen molar-refractivity contribution in [2.75, 3.05) is 0 Å². The Kier molecular flexibility index (Phi) is 4.49. The average Bonchev–Trinajstić information content (AvgIpc) is 2.46. The van der Waals surface area contributed by atoms with E-state index in [1.165, 1.54) is 18.2 Å². The molecule has 23 heavy (non-hydrogen) atoms. The molecular weight excluding hydrogens is 332 g/mol. The summed E-state index contributed by atoms with van der Waals surface area (Å²) >= 11 is 0. The van der Waals surface area contributed by atoms with Gasteiger partial charge in [-0.25, -0.2) is 0 Å². The third kappa shape index (κ3) is 3.44. The zero-order valence-corrected chi connectivity index (χ0v) is 13.0. The van der Waals surface area contributed by atoms with Crippen molar-refractivity contribution in [1.82, 2.24) is 0 Å². The third-order valence-electron chi connectivity index (χ3n) is 4.19. The number of halogens is 4. The first-order chi connectivity index (χ1) is 10.9. The molecule has 2 bridgehead atoms. The van der Waals surface area contributed by atoms with Crippen LogP contribution >= 0.6 is 0 Å². The Labute approximate surface area is 134 Å². The predicted octanol–water partition coefficient (Wildman–Crippen LogP) is 4.38. The van der Waals surface area contributed by atoms with Crippen LogP contribution in [-0.2, 0) is 10.8 Å². The molecule has 0 N–H and O–H groups in total. The van der Waals surface area contributed by atoms with Crippen LogP contribution in [0.1, 0.15) is 31.2 Å². The van der Waals surface area contributed by atoms with Gasteiger partial charge in [0.25, 0.3) is 0 Å². The molecule has 3 unspecified atom stereocenters. The van der Waals surface area contributed by atoms with Crippen molar-refractivity contribution in [3.63, 3.8) is 0 Å². The molecule has 1 saturated heterocycles.